The smallest absolute Gasteiger partial charge is 0.242 e. The second-order valence-corrected chi connectivity index (χ2v) is 6.37. The summed E-state index contributed by atoms with van der Waals surface area (Å²) in [7, 11) is -3.64. The Morgan fingerprint density at radius 3 is 2.47 bits per heavy atom. The molecule has 0 atom stereocenters. The molecule has 15 heavy (non-hydrogen) atoms. The second-order valence-electron chi connectivity index (χ2n) is 2.55. The van der Waals surface area contributed by atoms with Gasteiger partial charge in [0.05, 0.1) is 10.2 Å². The van der Waals surface area contributed by atoms with E-state index in [9.17, 15) is 17.2 Å². The van der Waals surface area contributed by atoms with Crippen LogP contribution in [0.1, 0.15) is 0 Å². The predicted molar refractivity (Wildman–Crippen MR) is 60.4 cm³/mol. The van der Waals surface area contributed by atoms with Crippen LogP contribution in [0.25, 0.3) is 0 Å². The molecule has 0 amide bonds. The third-order valence-electron chi connectivity index (χ3n) is 1.44. The largest absolute Gasteiger partial charge is 0.280 e. The molecule has 0 heterocycles. The Bertz CT molecular complexity index is 478. The van der Waals surface area contributed by atoms with E-state index in [4.69, 9.17) is 0 Å². The molecule has 0 saturated carbocycles. The summed E-state index contributed by atoms with van der Waals surface area (Å²) in [5.41, 5.74) is -0.303. The fourth-order valence-electron chi connectivity index (χ4n) is 0.800. The van der Waals surface area contributed by atoms with E-state index in [1.54, 1.807) is 0 Å². The molecule has 0 spiro atoms. The molecule has 84 valence electrons. The summed E-state index contributed by atoms with van der Waals surface area (Å²) in [5, 5.41) is 0. The predicted octanol–water partition coefficient (Wildman–Crippen LogP) is 2.82. The van der Waals surface area contributed by atoms with Crippen LogP contribution in [0.15, 0.2) is 16.6 Å². The number of anilines is 1. The molecule has 0 radical (unpaired) electrons. The van der Waals surface area contributed by atoms with Crippen LogP contribution in [-0.4, -0.2) is 13.1 Å². The van der Waals surface area contributed by atoms with Gasteiger partial charge in [0.1, 0.15) is 10.5 Å². The van der Waals surface area contributed by atoms with Crippen molar-refractivity contribution in [3.8, 4) is 0 Å². The van der Waals surface area contributed by atoms with E-state index < -0.39 is 26.1 Å². The highest BCUT2D eigenvalue weighted by molar-refractivity contribution is 9.11. The summed E-state index contributed by atoms with van der Waals surface area (Å²) in [6, 6.07) is 1.97. The van der Waals surface area contributed by atoms with Gasteiger partial charge in [0.25, 0.3) is 0 Å². The maximum Gasteiger partial charge on any atom is 0.242 e. The molecule has 0 saturated heterocycles. The van der Waals surface area contributed by atoms with Crippen LogP contribution in [0.3, 0.4) is 0 Å². The average molecular weight is 365 g/mol. The Kier molecular flexibility index (Phi) is 4.07. The highest BCUT2D eigenvalue weighted by Crippen LogP contribution is 2.26. The summed E-state index contributed by atoms with van der Waals surface area (Å²) in [6.45, 7) is 0. The number of hydrogen-bond donors (Lipinski definition) is 1. The SMILES string of the molecule is O=S(=O)(CBr)Nc1ccc(F)c(Br)c1F. The van der Waals surface area contributed by atoms with Gasteiger partial charge in [-0.1, -0.05) is 15.9 Å². The first-order valence-electron chi connectivity index (χ1n) is 3.57. The minimum Gasteiger partial charge on any atom is -0.280 e. The molecule has 0 fully saturated rings. The van der Waals surface area contributed by atoms with Crippen molar-refractivity contribution < 1.29 is 17.2 Å². The lowest BCUT2D eigenvalue weighted by Gasteiger charge is -2.07. The van der Waals surface area contributed by atoms with Crippen LogP contribution >= 0.6 is 31.9 Å². The van der Waals surface area contributed by atoms with Gasteiger partial charge in [0.2, 0.25) is 10.0 Å². The maximum atomic E-state index is 13.3. The zero-order chi connectivity index (χ0) is 11.6. The molecule has 8 heteroatoms. The van der Waals surface area contributed by atoms with Gasteiger partial charge >= 0.3 is 0 Å². The van der Waals surface area contributed by atoms with Gasteiger partial charge in [-0.15, -0.1) is 0 Å². The summed E-state index contributed by atoms with van der Waals surface area (Å²) >= 11 is 5.39. The summed E-state index contributed by atoms with van der Waals surface area (Å²) in [6.07, 6.45) is 0. The Labute approximate surface area is 102 Å². The highest BCUT2D eigenvalue weighted by Gasteiger charge is 2.15. The number of benzene rings is 1. The molecule has 1 N–H and O–H groups in total. The van der Waals surface area contributed by atoms with Crippen LogP contribution < -0.4 is 4.72 Å². The number of nitrogens with one attached hydrogen (secondary N) is 1. The molecule has 0 aliphatic carbocycles. The Morgan fingerprint density at radius 2 is 1.93 bits per heavy atom. The standard InChI is InChI=1S/C7H5Br2F2NO2S/c8-3-15(13,14)12-5-2-1-4(10)6(9)7(5)11/h1-2,12H,3H2. The lowest BCUT2D eigenvalue weighted by atomic mass is 10.3. The van der Waals surface area contributed by atoms with E-state index in [0.29, 0.717) is 0 Å². The average Bonchev–Trinajstić information content (AvgIpc) is 2.19. The zero-order valence-electron chi connectivity index (χ0n) is 7.10. The Morgan fingerprint density at radius 1 is 1.33 bits per heavy atom. The van der Waals surface area contributed by atoms with Crippen molar-refractivity contribution in [3.05, 3.63) is 28.2 Å². The fourth-order valence-corrected chi connectivity index (χ4v) is 2.04. The molecule has 3 nitrogen and oxygen atoms in total. The molecular weight excluding hydrogens is 360 g/mol. The fraction of sp³-hybridized carbons (Fsp3) is 0.143. The minimum atomic E-state index is -3.64. The number of rotatable bonds is 3. The first-order chi connectivity index (χ1) is 6.87. The second kappa shape index (κ2) is 4.75. The Hall–Kier alpha value is -0.210. The quantitative estimate of drug-likeness (QED) is 0.662. The lowest BCUT2D eigenvalue weighted by Crippen LogP contribution is -2.14. The lowest BCUT2D eigenvalue weighted by molar-refractivity contribution is 0.573. The maximum absolute atomic E-state index is 13.3. The molecule has 0 aliphatic rings. The molecule has 1 aromatic carbocycles. The number of hydrogen-bond acceptors (Lipinski definition) is 2. The van der Waals surface area contributed by atoms with Crippen molar-refractivity contribution in [2.45, 2.75) is 0 Å². The third-order valence-corrected chi connectivity index (χ3v) is 4.80. The van der Waals surface area contributed by atoms with Crippen molar-refractivity contribution in [1.29, 1.82) is 0 Å². The van der Waals surface area contributed by atoms with Gasteiger partial charge in [-0.05, 0) is 28.1 Å². The van der Waals surface area contributed by atoms with E-state index in [0.717, 1.165) is 12.1 Å². The minimum absolute atomic E-state index is 0.303. The van der Waals surface area contributed by atoms with Gasteiger partial charge in [-0.2, -0.15) is 0 Å². The van der Waals surface area contributed by atoms with Gasteiger partial charge in [0, 0.05) is 0 Å². The van der Waals surface area contributed by atoms with Gasteiger partial charge in [-0.3, -0.25) is 4.72 Å². The molecule has 1 aromatic rings. The van der Waals surface area contributed by atoms with Gasteiger partial charge < -0.3 is 0 Å². The Balaban J connectivity index is 3.13. The molecule has 0 aliphatic heterocycles. The monoisotopic (exact) mass is 363 g/mol. The first-order valence-corrected chi connectivity index (χ1v) is 7.14. The zero-order valence-corrected chi connectivity index (χ0v) is 11.1. The van der Waals surface area contributed by atoms with Crippen molar-refractivity contribution in [3.63, 3.8) is 0 Å². The highest BCUT2D eigenvalue weighted by atomic mass is 79.9. The van der Waals surface area contributed by atoms with E-state index in [1.165, 1.54) is 0 Å². The van der Waals surface area contributed by atoms with Gasteiger partial charge in [-0.25, -0.2) is 17.2 Å². The molecule has 0 bridgehead atoms. The van der Waals surface area contributed by atoms with Crippen LogP contribution in [0, 0.1) is 11.6 Å². The molecule has 0 unspecified atom stereocenters. The van der Waals surface area contributed by atoms with Crippen LogP contribution in [0.4, 0.5) is 14.5 Å². The van der Waals surface area contributed by atoms with Crippen molar-refractivity contribution >= 4 is 47.6 Å². The van der Waals surface area contributed by atoms with E-state index in [1.807, 2.05) is 4.72 Å². The summed E-state index contributed by atoms with van der Waals surface area (Å²) in [4.78, 5) is 0. The normalized spacial score (nSPS) is 11.5. The van der Waals surface area contributed by atoms with Crippen molar-refractivity contribution in [2.75, 3.05) is 9.38 Å². The summed E-state index contributed by atoms with van der Waals surface area (Å²) < 4.78 is 49.5. The summed E-state index contributed by atoms with van der Waals surface area (Å²) in [5.74, 6) is -1.78. The number of halogens is 4. The molecule has 1 rings (SSSR count). The van der Waals surface area contributed by atoms with Crippen LogP contribution in [0.2, 0.25) is 0 Å². The van der Waals surface area contributed by atoms with E-state index in [-0.39, 0.29) is 10.3 Å². The van der Waals surface area contributed by atoms with Crippen molar-refractivity contribution in [1.82, 2.24) is 0 Å². The van der Waals surface area contributed by atoms with E-state index in [2.05, 4.69) is 31.9 Å². The third kappa shape index (κ3) is 3.12. The van der Waals surface area contributed by atoms with E-state index >= 15 is 0 Å². The topological polar surface area (TPSA) is 46.2 Å². The number of sulfonamides is 1. The van der Waals surface area contributed by atoms with Gasteiger partial charge in [0.15, 0.2) is 5.82 Å². The molecular formula is C7H5Br2F2NO2S. The molecule has 0 aromatic heterocycles. The first kappa shape index (κ1) is 12.9. The van der Waals surface area contributed by atoms with Crippen molar-refractivity contribution in [2.24, 2.45) is 0 Å². The number of alkyl halides is 1. The van der Waals surface area contributed by atoms with Crippen LogP contribution in [-0.2, 0) is 10.0 Å². The van der Waals surface area contributed by atoms with Crippen LogP contribution in [0.5, 0.6) is 0 Å².